The Bertz CT molecular complexity index is 477. The Balaban J connectivity index is 1.74. The number of thiophene rings is 2. The number of halogens is 1. The molecule has 2 aromatic rings. The molecule has 0 N–H and O–H groups in total. The molecule has 0 unspecified atom stereocenters. The standard InChI is InChI=1S/C13H14ClNS2/c14-13-4-3-11(17-13)8-15-6-1-2-12(15)10-5-7-16-9-10/h3-5,7,9,12H,1-2,6,8H2/t12-/m1/s1. The fraction of sp³-hybridized carbons (Fsp3) is 0.385. The molecule has 1 atom stereocenters. The van der Waals surface area contributed by atoms with Crippen molar-refractivity contribution in [2.24, 2.45) is 0 Å². The first-order valence-corrected chi connectivity index (χ1v) is 7.97. The molecule has 3 heterocycles. The third-order valence-corrected chi connectivity index (χ3v) is 5.20. The Morgan fingerprint density at radius 2 is 2.29 bits per heavy atom. The first-order chi connectivity index (χ1) is 8.33. The van der Waals surface area contributed by atoms with E-state index in [0.29, 0.717) is 6.04 Å². The molecule has 1 nitrogen and oxygen atoms in total. The second-order valence-corrected chi connectivity index (χ2v) is 6.97. The molecule has 17 heavy (non-hydrogen) atoms. The van der Waals surface area contributed by atoms with E-state index in [4.69, 9.17) is 11.6 Å². The van der Waals surface area contributed by atoms with Crippen LogP contribution >= 0.6 is 34.3 Å². The number of nitrogens with zero attached hydrogens (tertiary/aromatic N) is 1. The quantitative estimate of drug-likeness (QED) is 0.782. The van der Waals surface area contributed by atoms with Crippen LogP contribution < -0.4 is 0 Å². The van der Waals surface area contributed by atoms with E-state index < -0.39 is 0 Å². The largest absolute Gasteiger partial charge is 0.291 e. The Morgan fingerprint density at radius 3 is 3.00 bits per heavy atom. The third kappa shape index (κ3) is 2.58. The van der Waals surface area contributed by atoms with Crippen LogP contribution in [-0.2, 0) is 6.54 Å². The summed E-state index contributed by atoms with van der Waals surface area (Å²) in [6.45, 7) is 2.24. The molecular formula is C13H14ClNS2. The molecule has 90 valence electrons. The van der Waals surface area contributed by atoms with Gasteiger partial charge in [-0.05, 0) is 53.9 Å². The van der Waals surface area contributed by atoms with E-state index in [9.17, 15) is 0 Å². The summed E-state index contributed by atoms with van der Waals surface area (Å²) >= 11 is 9.48. The molecule has 0 aliphatic carbocycles. The highest BCUT2D eigenvalue weighted by Gasteiger charge is 2.26. The van der Waals surface area contributed by atoms with Crippen molar-refractivity contribution in [3.8, 4) is 0 Å². The highest BCUT2D eigenvalue weighted by Crippen LogP contribution is 2.35. The first kappa shape index (κ1) is 11.7. The maximum atomic E-state index is 5.98. The minimum Gasteiger partial charge on any atom is -0.291 e. The lowest BCUT2D eigenvalue weighted by Gasteiger charge is -2.23. The lowest BCUT2D eigenvalue weighted by molar-refractivity contribution is 0.251. The van der Waals surface area contributed by atoms with Gasteiger partial charge in [0.2, 0.25) is 0 Å². The van der Waals surface area contributed by atoms with Crippen LogP contribution in [0, 0.1) is 0 Å². The Labute approximate surface area is 115 Å². The van der Waals surface area contributed by atoms with Crippen LogP contribution in [0.25, 0.3) is 0 Å². The van der Waals surface area contributed by atoms with Gasteiger partial charge in [0.1, 0.15) is 0 Å². The highest BCUT2D eigenvalue weighted by molar-refractivity contribution is 7.16. The van der Waals surface area contributed by atoms with Crippen LogP contribution in [0.4, 0.5) is 0 Å². The van der Waals surface area contributed by atoms with Gasteiger partial charge in [-0.1, -0.05) is 11.6 Å². The smallest absolute Gasteiger partial charge is 0.0931 e. The fourth-order valence-corrected chi connectivity index (χ4v) is 4.31. The molecule has 4 heteroatoms. The van der Waals surface area contributed by atoms with Gasteiger partial charge in [-0.15, -0.1) is 11.3 Å². The van der Waals surface area contributed by atoms with Crippen LogP contribution in [0.15, 0.2) is 29.0 Å². The summed E-state index contributed by atoms with van der Waals surface area (Å²) in [6.07, 6.45) is 2.59. The zero-order valence-corrected chi connectivity index (χ0v) is 11.8. The average molecular weight is 284 g/mol. The van der Waals surface area contributed by atoms with E-state index in [1.54, 1.807) is 22.7 Å². The predicted octanol–water partition coefficient (Wildman–Crippen LogP) is 4.80. The minimum atomic E-state index is 0.613. The molecule has 1 saturated heterocycles. The molecule has 0 spiro atoms. The zero-order chi connectivity index (χ0) is 11.7. The molecule has 1 fully saturated rings. The van der Waals surface area contributed by atoms with Crippen LogP contribution in [0.1, 0.15) is 29.3 Å². The van der Waals surface area contributed by atoms with E-state index in [-0.39, 0.29) is 0 Å². The van der Waals surface area contributed by atoms with Gasteiger partial charge >= 0.3 is 0 Å². The Hall–Kier alpha value is -0.350. The van der Waals surface area contributed by atoms with Gasteiger partial charge in [0.15, 0.2) is 0 Å². The van der Waals surface area contributed by atoms with E-state index in [2.05, 4.69) is 27.8 Å². The van der Waals surface area contributed by atoms with Gasteiger partial charge in [0, 0.05) is 17.5 Å². The molecule has 3 rings (SSSR count). The van der Waals surface area contributed by atoms with E-state index in [0.717, 1.165) is 10.9 Å². The van der Waals surface area contributed by atoms with Crippen molar-refractivity contribution < 1.29 is 0 Å². The monoisotopic (exact) mass is 283 g/mol. The fourth-order valence-electron chi connectivity index (χ4n) is 2.49. The molecule has 0 bridgehead atoms. The molecule has 0 aromatic carbocycles. The summed E-state index contributed by atoms with van der Waals surface area (Å²) in [4.78, 5) is 3.95. The summed E-state index contributed by atoms with van der Waals surface area (Å²) in [5.74, 6) is 0. The van der Waals surface area contributed by atoms with E-state index >= 15 is 0 Å². The van der Waals surface area contributed by atoms with Crippen molar-refractivity contribution in [1.82, 2.24) is 4.90 Å². The van der Waals surface area contributed by atoms with Crippen molar-refractivity contribution >= 4 is 34.3 Å². The van der Waals surface area contributed by atoms with E-state index in [1.807, 2.05) is 6.07 Å². The Morgan fingerprint density at radius 1 is 1.35 bits per heavy atom. The van der Waals surface area contributed by atoms with Crippen molar-refractivity contribution in [1.29, 1.82) is 0 Å². The summed E-state index contributed by atoms with van der Waals surface area (Å²) in [7, 11) is 0. The first-order valence-electron chi connectivity index (χ1n) is 5.83. The predicted molar refractivity (Wildman–Crippen MR) is 76.0 cm³/mol. The summed E-state index contributed by atoms with van der Waals surface area (Å²) in [6, 6.07) is 7.02. The summed E-state index contributed by atoms with van der Waals surface area (Å²) < 4.78 is 0.895. The van der Waals surface area contributed by atoms with Crippen LogP contribution in [0.3, 0.4) is 0 Å². The van der Waals surface area contributed by atoms with Crippen molar-refractivity contribution in [2.75, 3.05) is 6.54 Å². The van der Waals surface area contributed by atoms with Gasteiger partial charge in [-0.3, -0.25) is 4.90 Å². The maximum Gasteiger partial charge on any atom is 0.0931 e. The molecule has 0 saturated carbocycles. The van der Waals surface area contributed by atoms with Crippen LogP contribution in [0.5, 0.6) is 0 Å². The van der Waals surface area contributed by atoms with E-state index in [1.165, 1.54) is 29.8 Å². The van der Waals surface area contributed by atoms with Gasteiger partial charge in [0.05, 0.1) is 4.34 Å². The Kier molecular flexibility index (Phi) is 3.52. The van der Waals surface area contributed by atoms with Gasteiger partial charge in [0.25, 0.3) is 0 Å². The molecule has 1 aliphatic rings. The lowest BCUT2D eigenvalue weighted by atomic mass is 10.1. The van der Waals surface area contributed by atoms with Crippen molar-refractivity contribution in [3.05, 3.63) is 43.7 Å². The molecule has 0 radical (unpaired) electrons. The normalized spacial score (nSPS) is 21.1. The third-order valence-electron chi connectivity index (χ3n) is 3.28. The molecular weight excluding hydrogens is 270 g/mol. The SMILES string of the molecule is Clc1ccc(CN2CCC[C@@H]2c2ccsc2)s1. The second kappa shape index (κ2) is 5.11. The second-order valence-electron chi connectivity index (χ2n) is 4.39. The van der Waals surface area contributed by atoms with Crippen LogP contribution in [-0.4, -0.2) is 11.4 Å². The lowest BCUT2D eigenvalue weighted by Crippen LogP contribution is -2.21. The molecule has 1 aliphatic heterocycles. The summed E-state index contributed by atoms with van der Waals surface area (Å²) in [5.41, 5.74) is 1.48. The van der Waals surface area contributed by atoms with Crippen LogP contribution in [0.2, 0.25) is 4.34 Å². The van der Waals surface area contributed by atoms with Gasteiger partial charge < -0.3 is 0 Å². The number of hydrogen-bond donors (Lipinski definition) is 0. The maximum absolute atomic E-state index is 5.98. The minimum absolute atomic E-state index is 0.613. The number of hydrogen-bond acceptors (Lipinski definition) is 3. The number of rotatable bonds is 3. The molecule has 2 aromatic heterocycles. The molecule has 0 amide bonds. The topological polar surface area (TPSA) is 3.24 Å². The average Bonchev–Trinajstić information content (AvgIpc) is 3.00. The number of likely N-dealkylation sites (tertiary alicyclic amines) is 1. The van der Waals surface area contributed by atoms with Crippen molar-refractivity contribution in [3.63, 3.8) is 0 Å². The van der Waals surface area contributed by atoms with Crippen molar-refractivity contribution in [2.45, 2.75) is 25.4 Å². The zero-order valence-electron chi connectivity index (χ0n) is 9.43. The van der Waals surface area contributed by atoms with Gasteiger partial charge in [-0.2, -0.15) is 11.3 Å². The highest BCUT2D eigenvalue weighted by atomic mass is 35.5. The summed E-state index contributed by atoms with van der Waals surface area (Å²) in [5, 5.41) is 4.46. The van der Waals surface area contributed by atoms with Gasteiger partial charge in [-0.25, -0.2) is 0 Å².